The number of methoxy groups -OCH3 is 1. The summed E-state index contributed by atoms with van der Waals surface area (Å²) in [7, 11) is 1.24. The molecule has 1 heterocycles. The van der Waals surface area contributed by atoms with Crippen LogP contribution >= 0.6 is 0 Å². The van der Waals surface area contributed by atoms with E-state index in [2.05, 4.69) is 21.1 Å². The molecule has 0 aliphatic carbocycles. The third-order valence-corrected chi connectivity index (χ3v) is 4.70. The monoisotopic (exact) mass is 472 g/mol. The Morgan fingerprint density at radius 3 is 2.15 bits per heavy atom. The molecule has 34 heavy (non-hydrogen) atoms. The lowest BCUT2D eigenvalue weighted by atomic mass is 10.0. The van der Waals surface area contributed by atoms with E-state index in [-0.39, 0.29) is 17.4 Å². The van der Waals surface area contributed by atoms with E-state index in [9.17, 15) is 23.2 Å². The number of benzene rings is 2. The number of hydrogen-bond donors (Lipinski definition) is 3. The van der Waals surface area contributed by atoms with E-state index in [0.717, 1.165) is 12.1 Å². The standard InChI is InChI=1S/C23H22F2N4O5/c1-12(2)20(22(31)33-3)28-21(30)19-11-18(29-34-19)13-4-6-16(7-5-13)26-23(32)27-17-9-14(24)8-15(25)10-17/h4-12,20H,1-3H3,(H,28,30)(H2,26,27,32). The van der Waals surface area contributed by atoms with Crippen molar-refractivity contribution < 1.29 is 32.4 Å². The molecule has 9 nitrogen and oxygen atoms in total. The van der Waals surface area contributed by atoms with Gasteiger partial charge in [-0.15, -0.1) is 0 Å². The highest BCUT2D eigenvalue weighted by Gasteiger charge is 2.27. The van der Waals surface area contributed by atoms with Gasteiger partial charge in [0, 0.05) is 29.1 Å². The van der Waals surface area contributed by atoms with Crippen molar-refractivity contribution >= 4 is 29.3 Å². The summed E-state index contributed by atoms with van der Waals surface area (Å²) in [6, 6.07) is 8.94. The fraction of sp³-hybridized carbons (Fsp3) is 0.217. The van der Waals surface area contributed by atoms with Gasteiger partial charge in [0.05, 0.1) is 7.11 Å². The van der Waals surface area contributed by atoms with Crippen LogP contribution in [0, 0.1) is 17.6 Å². The average molecular weight is 472 g/mol. The van der Waals surface area contributed by atoms with Crippen molar-refractivity contribution in [1.82, 2.24) is 10.5 Å². The Hall–Kier alpha value is -4.28. The number of nitrogens with one attached hydrogen (secondary N) is 3. The van der Waals surface area contributed by atoms with Crippen LogP contribution in [0.3, 0.4) is 0 Å². The maximum atomic E-state index is 13.2. The Bertz CT molecular complexity index is 1170. The number of halogens is 2. The summed E-state index contributed by atoms with van der Waals surface area (Å²) in [4.78, 5) is 36.3. The summed E-state index contributed by atoms with van der Waals surface area (Å²) in [5.74, 6) is -3.11. The van der Waals surface area contributed by atoms with Crippen LogP contribution in [0.15, 0.2) is 53.1 Å². The summed E-state index contributed by atoms with van der Waals surface area (Å²) in [5.41, 5.74) is 1.31. The van der Waals surface area contributed by atoms with Crippen molar-refractivity contribution in [1.29, 1.82) is 0 Å². The van der Waals surface area contributed by atoms with Crippen LogP contribution in [0.4, 0.5) is 25.0 Å². The molecule has 2 aromatic carbocycles. The van der Waals surface area contributed by atoms with Crippen LogP contribution in [0.1, 0.15) is 24.4 Å². The molecule has 0 fully saturated rings. The van der Waals surface area contributed by atoms with Gasteiger partial charge in [0.15, 0.2) is 0 Å². The number of amides is 3. The minimum absolute atomic E-state index is 0.0353. The second-order valence-electron chi connectivity index (χ2n) is 7.61. The summed E-state index contributed by atoms with van der Waals surface area (Å²) in [6.07, 6.45) is 0. The molecule has 1 atom stereocenters. The second-order valence-corrected chi connectivity index (χ2v) is 7.61. The molecule has 1 aromatic heterocycles. The number of carbonyl (C=O) groups is 3. The van der Waals surface area contributed by atoms with Crippen LogP contribution in [0.5, 0.6) is 0 Å². The Balaban J connectivity index is 1.63. The third-order valence-electron chi connectivity index (χ3n) is 4.70. The first-order valence-corrected chi connectivity index (χ1v) is 10.2. The zero-order chi connectivity index (χ0) is 24.8. The number of nitrogens with zero attached hydrogens (tertiary/aromatic N) is 1. The number of ether oxygens (including phenoxy) is 1. The molecule has 0 saturated heterocycles. The number of aromatic nitrogens is 1. The number of esters is 1. The van der Waals surface area contributed by atoms with Gasteiger partial charge in [-0.3, -0.25) is 4.79 Å². The Morgan fingerprint density at radius 1 is 0.941 bits per heavy atom. The minimum Gasteiger partial charge on any atom is -0.467 e. The van der Waals surface area contributed by atoms with E-state index in [4.69, 9.17) is 9.26 Å². The number of anilines is 2. The van der Waals surface area contributed by atoms with Crippen molar-refractivity contribution in [2.24, 2.45) is 5.92 Å². The van der Waals surface area contributed by atoms with Gasteiger partial charge in [-0.25, -0.2) is 18.4 Å². The van der Waals surface area contributed by atoms with Crippen LogP contribution in [-0.2, 0) is 9.53 Å². The van der Waals surface area contributed by atoms with Gasteiger partial charge in [0.2, 0.25) is 5.76 Å². The van der Waals surface area contributed by atoms with Gasteiger partial charge < -0.3 is 25.2 Å². The van der Waals surface area contributed by atoms with Crippen LogP contribution in [0.2, 0.25) is 0 Å². The molecule has 3 rings (SSSR count). The zero-order valence-electron chi connectivity index (χ0n) is 18.5. The van der Waals surface area contributed by atoms with Gasteiger partial charge in [-0.2, -0.15) is 0 Å². The molecule has 3 amide bonds. The summed E-state index contributed by atoms with van der Waals surface area (Å²) < 4.78 is 36.3. The Labute approximate surface area is 193 Å². The molecule has 3 aromatic rings. The highest BCUT2D eigenvalue weighted by molar-refractivity contribution is 6.00. The predicted octanol–water partition coefficient (Wildman–Crippen LogP) is 4.19. The first kappa shape index (κ1) is 24.4. The van der Waals surface area contributed by atoms with Gasteiger partial charge >= 0.3 is 12.0 Å². The molecule has 11 heteroatoms. The summed E-state index contributed by atoms with van der Waals surface area (Å²) >= 11 is 0. The molecular weight excluding hydrogens is 450 g/mol. The smallest absolute Gasteiger partial charge is 0.328 e. The van der Waals surface area contributed by atoms with Gasteiger partial charge in [0.25, 0.3) is 5.91 Å². The fourth-order valence-electron chi connectivity index (χ4n) is 3.00. The molecule has 0 radical (unpaired) electrons. The van der Waals surface area contributed by atoms with E-state index >= 15 is 0 Å². The maximum absolute atomic E-state index is 13.2. The lowest BCUT2D eigenvalue weighted by Gasteiger charge is -2.18. The number of urea groups is 1. The van der Waals surface area contributed by atoms with Crippen molar-refractivity contribution in [3.63, 3.8) is 0 Å². The molecule has 178 valence electrons. The third kappa shape index (κ3) is 6.15. The van der Waals surface area contributed by atoms with Crippen LogP contribution in [0.25, 0.3) is 11.3 Å². The molecule has 3 N–H and O–H groups in total. The van der Waals surface area contributed by atoms with E-state index in [1.54, 1.807) is 38.1 Å². The highest BCUT2D eigenvalue weighted by atomic mass is 19.1. The maximum Gasteiger partial charge on any atom is 0.328 e. The fourth-order valence-corrected chi connectivity index (χ4v) is 3.00. The summed E-state index contributed by atoms with van der Waals surface area (Å²) in [6.45, 7) is 3.53. The van der Waals surface area contributed by atoms with E-state index < -0.39 is 35.6 Å². The second kappa shape index (κ2) is 10.6. The Morgan fingerprint density at radius 2 is 1.56 bits per heavy atom. The van der Waals surface area contributed by atoms with E-state index in [1.807, 2.05) is 0 Å². The lowest BCUT2D eigenvalue weighted by molar-refractivity contribution is -0.144. The molecule has 0 aliphatic rings. The average Bonchev–Trinajstić information content (AvgIpc) is 3.26. The van der Waals surface area contributed by atoms with Crippen LogP contribution < -0.4 is 16.0 Å². The minimum atomic E-state index is -0.841. The van der Waals surface area contributed by atoms with E-state index in [0.29, 0.717) is 23.0 Å². The van der Waals surface area contributed by atoms with Crippen molar-refractivity contribution in [2.75, 3.05) is 17.7 Å². The first-order chi connectivity index (χ1) is 16.2. The molecule has 0 aliphatic heterocycles. The van der Waals surface area contributed by atoms with Gasteiger partial charge in [-0.05, 0) is 30.2 Å². The number of hydrogen-bond acceptors (Lipinski definition) is 6. The number of rotatable bonds is 7. The predicted molar refractivity (Wildman–Crippen MR) is 119 cm³/mol. The van der Waals surface area contributed by atoms with Gasteiger partial charge in [-0.1, -0.05) is 31.1 Å². The SMILES string of the molecule is COC(=O)C(NC(=O)c1cc(-c2ccc(NC(=O)Nc3cc(F)cc(F)c3)cc2)no1)C(C)C. The van der Waals surface area contributed by atoms with E-state index in [1.165, 1.54) is 13.2 Å². The van der Waals surface area contributed by atoms with Gasteiger partial charge in [0.1, 0.15) is 23.4 Å². The van der Waals surface area contributed by atoms with Crippen molar-refractivity contribution in [3.05, 3.63) is 65.9 Å². The topological polar surface area (TPSA) is 123 Å². The largest absolute Gasteiger partial charge is 0.467 e. The quantitative estimate of drug-likeness (QED) is 0.443. The molecular formula is C23H22F2N4O5. The lowest BCUT2D eigenvalue weighted by Crippen LogP contribution is -2.44. The molecule has 1 unspecified atom stereocenters. The zero-order valence-corrected chi connectivity index (χ0v) is 18.5. The Kier molecular flexibility index (Phi) is 7.57. The highest BCUT2D eigenvalue weighted by Crippen LogP contribution is 2.22. The molecule has 0 bridgehead atoms. The summed E-state index contributed by atoms with van der Waals surface area (Å²) in [5, 5.41) is 11.3. The molecule has 0 spiro atoms. The molecule has 0 saturated carbocycles. The van der Waals surface area contributed by atoms with Crippen molar-refractivity contribution in [3.8, 4) is 11.3 Å². The number of carbonyl (C=O) groups excluding carboxylic acids is 3. The van der Waals surface area contributed by atoms with Crippen LogP contribution in [-0.4, -0.2) is 36.2 Å². The normalized spacial score (nSPS) is 11.6. The first-order valence-electron chi connectivity index (χ1n) is 10.2. The van der Waals surface area contributed by atoms with Crippen molar-refractivity contribution in [2.45, 2.75) is 19.9 Å².